The molecular weight excluding hydrogens is 334 g/mol. The summed E-state index contributed by atoms with van der Waals surface area (Å²) in [5.41, 5.74) is 0. The van der Waals surface area contributed by atoms with Gasteiger partial charge in [0.1, 0.15) is 24.4 Å². The summed E-state index contributed by atoms with van der Waals surface area (Å²) in [6.45, 7) is 0. The first kappa shape index (κ1) is 29.7. The molecule has 0 aliphatic carbocycles. The monoisotopic (exact) mass is 342 g/mol. The van der Waals surface area contributed by atoms with Crippen molar-refractivity contribution in [2.75, 3.05) is 0 Å². The number of carboxylic acid groups (broad SMARTS) is 4. The Bertz CT molecular complexity index is 313. The van der Waals surface area contributed by atoms with E-state index in [4.69, 9.17) is 20.4 Å². The summed E-state index contributed by atoms with van der Waals surface area (Å²) in [6, 6.07) is 0. The fraction of sp³-hybridized carbons (Fsp3) is 0.500. The molecule has 0 rings (SSSR count). The molecule has 4 unspecified atom stereocenters. The Morgan fingerprint density at radius 3 is 0.636 bits per heavy atom. The smallest absolute Gasteiger partial charge is 0.547 e. The van der Waals surface area contributed by atoms with Crippen LogP contribution >= 0.6 is 0 Å². The summed E-state index contributed by atoms with van der Waals surface area (Å²) in [5, 5.41) is 71.5. The first-order valence-electron chi connectivity index (χ1n) is 4.49. The van der Waals surface area contributed by atoms with Crippen LogP contribution in [0.5, 0.6) is 0 Å². The van der Waals surface area contributed by atoms with E-state index < -0.39 is 48.3 Å². The Balaban J connectivity index is -0.000000135. The van der Waals surface area contributed by atoms with E-state index >= 15 is 0 Å². The van der Waals surface area contributed by atoms with Crippen LogP contribution in [0.15, 0.2) is 0 Å². The zero-order valence-electron chi connectivity index (χ0n) is 11.4. The average molecular weight is 342 g/mol. The van der Waals surface area contributed by atoms with Crippen molar-refractivity contribution < 1.29 is 119 Å². The Labute approximate surface area is 166 Å². The summed E-state index contributed by atoms with van der Waals surface area (Å²) >= 11 is 0. The molecule has 14 heteroatoms. The first-order chi connectivity index (χ1) is 8.93. The molecule has 0 aliphatic heterocycles. The minimum Gasteiger partial charge on any atom is -0.547 e. The van der Waals surface area contributed by atoms with Gasteiger partial charge in [-0.1, -0.05) is 0 Å². The van der Waals surface area contributed by atoms with E-state index in [1.54, 1.807) is 0 Å². The molecule has 0 aliphatic rings. The third-order valence-corrected chi connectivity index (χ3v) is 1.56. The van der Waals surface area contributed by atoms with Crippen molar-refractivity contribution in [1.29, 1.82) is 0 Å². The van der Waals surface area contributed by atoms with Gasteiger partial charge in [0.15, 0.2) is 0 Å². The van der Waals surface area contributed by atoms with Crippen LogP contribution < -0.4 is 79.5 Å². The maximum absolute atomic E-state index is 9.63. The zero-order valence-corrected chi connectivity index (χ0v) is 15.4. The third-order valence-electron chi connectivity index (χ3n) is 1.56. The van der Waals surface area contributed by atoms with Crippen LogP contribution in [0.1, 0.15) is 0 Å². The molecule has 0 spiro atoms. The van der Waals surface area contributed by atoms with Crippen molar-refractivity contribution in [1.82, 2.24) is 0 Å². The topological polar surface area (TPSA) is 241 Å². The fourth-order valence-electron chi connectivity index (χ4n) is 0.516. The van der Waals surface area contributed by atoms with E-state index in [1.807, 2.05) is 0 Å². The standard InChI is InChI=1S/2C4H6O6.2Na/c2*5-1(3(7)8)2(6)4(9)10;;/h2*1-2,5-6H,(H,7,8)(H,9,10);;/q;;2*+1/p-4. The largest absolute Gasteiger partial charge is 1.00 e. The van der Waals surface area contributed by atoms with E-state index in [0.717, 1.165) is 0 Å². The van der Waals surface area contributed by atoms with Crippen LogP contribution in [0.3, 0.4) is 0 Å². The molecule has 0 saturated carbocycles. The number of aliphatic hydroxyl groups excluding tert-OH is 4. The molecule has 0 fully saturated rings. The summed E-state index contributed by atoms with van der Waals surface area (Å²) < 4.78 is 0. The number of carboxylic acids is 4. The van der Waals surface area contributed by atoms with E-state index in [2.05, 4.69) is 0 Å². The van der Waals surface area contributed by atoms with E-state index in [0.29, 0.717) is 0 Å². The van der Waals surface area contributed by atoms with E-state index in [9.17, 15) is 39.6 Å². The maximum Gasteiger partial charge on any atom is 1.00 e. The number of aliphatic hydroxyl groups is 4. The predicted octanol–water partition coefficient (Wildman–Crippen LogP) is -15.6. The van der Waals surface area contributed by atoms with Gasteiger partial charge in [0.25, 0.3) is 0 Å². The van der Waals surface area contributed by atoms with Crippen LogP contribution in [0.2, 0.25) is 0 Å². The molecule has 116 valence electrons. The number of aliphatic carboxylic acids is 4. The molecule has 4 N–H and O–H groups in total. The first-order valence-corrected chi connectivity index (χ1v) is 4.49. The van der Waals surface area contributed by atoms with Crippen molar-refractivity contribution in [2.45, 2.75) is 24.4 Å². The molecule has 4 atom stereocenters. The van der Waals surface area contributed by atoms with Crippen LogP contribution in [0.25, 0.3) is 0 Å². The predicted molar refractivity (Wildman–Crippen MR) is 44.1 cm³/mol. The van der Waals surface area contributed by atoms with Gasteiger partial charge in [-0.3, -0.25) is 0 Å². The second kappa shape index (κ2) is 14.3. The maximum atomic E-state index is 9.63. The molecule has 12 nitrogen and oxygen atoms in total. The Morgan fingerprint density at radius 1 is 0.500 bits per heavy atom. The fourth-order valence-corrected chi connectivity index (χ4v) is 0.516. The van der Waals surface area contributed by atoms with Crippen molar-refractivity contribution in [3.8, 4) is 0 Å². The molecule has 0 radical (unpaired) electrons. The molecule has 0 aromatic rings. The summed E-state index contributed by atoms with van der Waals surface area (Å²) in [7, 11) is 0. The summed E-state index contributed by atoms with van der Waals surface area (Å²) in [4.78, 5) is 38.5. The van der Waals surface area contributed by atoms with Gasteiger partial charge in [-0.15, -0.1) is 0 Å². The molecule has 0 bridgehead atoms. The number of hydrogen-bond acceptors (Lipinski definition) is 12. The van der Waals surface area contributed by atoms with Crippen molar-refractivity contribution >= 4 is 23.9 Å². The third kappa shape index (κ3) is 12.3. The van der Waals surface area contributed by atoms with Gasteiger partial charge < -0.3 is 60.0 Å². The van der Waals surface area contributed by atoms with E-state index in [-0.39, 0.29) is 59.1 Å². The van der Waals surface area contributed by atoms with Crippen molar-refractivity contribution in [3.05, 3.63) is 0 Å². The zero-order chi connectivity index (χ0) is 16.6. The van der Waals surface area contributed by atoms with Gasteiger partial charge in [-0.25, -0.2) is 0 Å². The molecule has 0 heterocycles. The summed E-state index contributed by atoms with van der Waals surface area (Å²) in [5.74, 6) is -8.23. The molecule has 0 amide bonds. The quantitative estimate of drug-likeness (QED) is 0.329. The molecule has 22 heavy (non-hydrogen) atoms. The Morgan fingerprint density at radius 2 is 0.591 bits per heavy atom. The van der Waals surface area contributed by atoms with Gasteiger partial charge in [-0.2, -0.15) is 0 Å². The van der Waals surface area contributed by atoms with Crippen LogP contribution in [0, 0.1) is 0 Å². The Hall–Kier alpha value is -0.280. The van der Waals surface area contributed by atoms with Crippen LogP contribution in [0.4, 0.5) is 0 Å². The number of carbonyl (C=O) groups is 4. The molecular formula is C8H8Na2O12-2. The average Bonchev–Trinajstić information content (AvgIpc) is 2.35. The van der Waals surface area contributed by atoms with Crippen LogP contribution in [-0.2, 0) is 19.2 Å². The van der Waals surface area contributed by atoms with Gasteiger partial charge >= 0.3 is 59.1 Å². The Kier molecular flexibility index (Phi) is 19.3. The van der Waals surface area contributed by atoms with Gasteiger partial charge in [0, 0.05) is 0 Å². The molecule has 0 aromatic carbocycles. The minimum absolute atomic E-state index is 0. The van der Waals surface area contributed by atoms with Gasteiger partial charge in [-0.05, 0) is 0 Å². The van der Waals surface area contributed by atoms with E-state index in [1.165, 1.54) is 0 Å². The molecule has 0 aromatic heterocycles. The second-order valence-corrected chi connectivity index (χ2v) is 3.06. The SMILES string of the molecule is O=C([O-])C(O)C(O)C(=O)[O-].O=C([O-])C(O)C(O)C(=O)[O-].[Na+].[Na+]. The second-order valence-electron chi connectivity index (χ2n) is 3.06. The molecule has 0 saturated heterocycles. The number of rotatable bonds is 6. The normalized spacial score (nSPS) is 14.4. The van der Waals surface area contributed by atoms with Gasteiger partial charge in [0.05, 0.1) is 23.9 Å². The minimum atomic E-state index is -2.44. The summed E-state index contributed by atoms with van der Waals surface area (Å²) in [6.07, 6.45) is -9.76. The van der Waals surface area contributed by atoms with Crippen LogP contribution in [-0.4, -0.2) is 68.7 Å². The van der Waals surface area contributed by atoms with Gasteiger partial charge in [0.2, 0.25) is 0 Å². The number of carbonyl (C=O) groups excluding carboxylic acids is 4. The van der Waals surface area contributed by atoms with Crippen molar-refractivity contribution in [2.24, 2.45) is 0 Å². The van der Waals surface area contributed by atoms with Crippen molar-refractivity contribution in [3.63, 3.8) is 0 Å². The number of hydrogen-bond donors (Lipinski definition) is 4.